The van der Waals surface area contributed by atoms with Crippen molar-refractivity contribution in [3.05, 3.63) is 0 Å². The quantitative estimate of drug-likeness (QED) is 0.642. The summed E-state index contributed by atoms with van der Waals surface area (Å²) in [6.07, 6.45) is 4.38. The van der Waals surface area contributed by atoms with E-state index in [4.69, 9.17) is 5.11 Å². The van der Waals surface area contributed by atoms with E-state index in [-0.39, 0.29) is 24.4 Å². The predicted octanol–water partition coefficient (Wildman–Crippen LogP) is -0.473. The molecule has 0 bridgehead atoms. The lowest BCUT2D eigenvalue weighted by Crippen LogP contribution is -2.53. The molecule has 2 atom stereocenters. The van der Waals surface area contributed by atoms with Crippen LogP contribution in [0.5, 0.6) is 0 Å². The second-order valence-electron chi connectivity index (χ2n) is 6.70. The van der Waals surface area contributed by atoms with Gasteiger partial charge in [-0.15, -0.1) is 0 Å². The van der Waals surface area contributed by atoms with Crippen LogP contribution in [0.3, 0.4) is 0 Å². The number of aliphatic hydroxyl groups is 1. The topological polar surface area (TPSA) is 102 Å². The van der Waals surface area contributed by atoms with E-state index in [9.17, 15) is 14.4 Å². The first-order valence-electron chi connectivity index (χ1n) is 8.71. The molecule has 1 saturated carbocycles. The van der Waals surface area contributed by atoms with Crippen molar-refractivity contribution in [3.8, 4) is 0 Å². The molecule has 0 spiro atoms. The van der Waals surface area contributed by atoms with Crippen molar-refractivity contribution in [2.45, 2.75) is 38.6 Å². The van der Waals surface area contributed by atoms with Gasteiger partial charge in [0.1, 0.15) is 6.61 Å². The molecule has 2 fully saturated rings. The highest BCUT2D eigenvalue weighted by Crippen LogP contribution is 2.23. The number of imide groups is 1. The summed E-state index contributed by atoms with van der Waals surface area (Å²) in [6, 6.07) is -0.285. The number of amides is 4. The molecule has 1 aliphatic carbocycles. The maximum absolute atomic E-state index is 12.0. The molecular formula is C16H28N4O4. The van der Waals surface area contributed by atoms with Crippen LogP contribution in [0.15, 0.2) is 0 Å². The second-order valence-corrected chi connectivity index (χ2v) is 6.70. The van der Waals surface area contributed by atoms with Crippen LogP contribution in [-0.4, -0.2) is 78.1 Å². The minimum absolute atomic E-state index is 0.134. The first-order valence-corrected chi connectivity index (χ1v) is 8.71. The predicted molar refractivity (Wildman–Crippen MR) is 88.2 cm³/mol. The highest BCUT2D eigenvalue weighted by Gasteiger charge is 2.25. The van der Waals surface area contributed by atoms with Gasteiger partial charge < -0.3 is 15.3 Å². The van der Waals surface area contributed by atoms with Crippen molar-refractivity contribution in [1.82, 2.24) is 20.4 Å². The molecule has 0 aromatic heterocycles. The smallest absolute Gasteiger partial charge is 0.321 e. The van der Waals surface area contributed by atoms with Crippen LogP contribution in [0.4, 0.5) is 4.79 Å². The number of piperazine rings is 1. The molecule has 8 nitrogen and oxygen atoms in total. The Kier molecular flexibility index (Phi) is 6.99. The highest BCUT2D eigenvalue weighted by molar-refractivity contribution is 5.95. The van der Waals surface area contributed by atoms with E-state index in [1.807, 2.05) is 4.90 Å². The van der Waals surface area contributed by atoms with Gasteiger partial charge in [-0.3, -0.25) is 19.8 Å². The van der Waals surface area contributed by atoms with Crippen molar-refractivity contribution in [1.29, 1.82) is 0 Å². The summed E-state index contributed by atoms with van der Waals surface area (Å²) < 4.78 is 0. The number of hydrogen-bond acceptors (Lipinski definition) is 5. The summed E-state index contributed by atoms with van der Waals surface area (Å²) >= 11 is 0. The summed E-state index contributed by atoms with van der Waals surface area (Å²) in [5.41, 5.74) is 0. The molecule has 2 rings (SSSR count). The normalized spacial score (nSPS) is 25.2. The van der Waals surface area contributed by atoms with Crippen LogP contribution in [0.2, 0.25) is 0 Å². The Morgan fingerprint density at radius 3 is 2.38 bits per heavy atom. The monoisotopic (exact) mass is 340 g/mol. The largest absolute Gasteiger partial charge is 0.387 e. The lowest BCUT2D eigenvalue weighted by molar-refractivity contribution is -0.136. The molecule has 0 radical (unpaired) electrons. The minimum Gasteiger partial charge on any atom is -0.387 e. The SMILES string of the molecule is C[C@H]1CCCC[C@@H]1NC(=O)NC(=O)CN1CCN(C(=O)CO)CC1. The highest BCUT2D eigenvalue weighted by atomic mass is 16.3. The van der Waals surface area contributed by atoms with Gasteiger partial charge >= 0.3 is 6.03 Å². The van der Waals surface area contributed by atoms with E-state index >= 15 is 0 Å². The lowest BCUT2D eigenvalue weighted by atomic mass is 9.86. The first-order chi connectivity index (χ1) is 11.5. The number of nitrogens with zero attached hydrogens (tertiary/aromatic N) is 2. The Morgan fingerprint density at radius 1 is 1.08 bits per heavy atom. The molecule has 1 saturated heterocycles. The van der Waals surface area contributed by atoms with Crippen molar-refractivity contribution < 1.29 is 19.5 Å². The number of urea groups is 1. The number of carbonyl (C=O) groups is 3. The zero-order valence-electron chi connectivity index (χ0n) is 14.3. The van der Waals surface area contributed by atoms with Gasteiger partial charge in [-0.05, 0) is 18.8 Å². The van der Waals surface area contributed by atoms with Gasteiger partial charge in [-0.25, -0.2) is 4.79 Å². The van der Waals surface area contributed by atoms with Crippen LogP contribution in [0, 0.1) is 5.92 Å². The summed E-state index contributed by atoms with van der Waals surface area (Å²) in [5.74, 6) is -0.185. The zero-order chi connectivity index (χ0) is 17.5. The summed E-state index contributed by atoms with van der Waals surface area (Å²) in [7, 11) is 0. The van der Waals surface area contributed by atoms with Gasteiger partial charge in [-0.2, -0.15) is 0 Å². The van der Waals surface area contributed by atoms with Gasteiger partial charge in [0, 0.05) is 32.2 Å². The van der Waals surface area contributed by atoms with E-state index in [0.29, 0.717) is 32.1 Å². The molecule has 2 aliphatic rings. The minimum atomic E-state index is -0.486. The average molecular weight is 340 g/mol. The second kappa shape index (κ2) is 8.98. The fourth-order valence-electron chi connectivity index (χ4n) is 3.36. The van der Waals surface area contributed by atoms with Crippen molar-refractivity contribution in [2.24, 2.45) is 5.92 Å². The Labute approximate surface area is 142 Å². The molecule has 1 aliphatic heterocycles. The summed E-state index contributed by atoms with van der Waals surface area (Å²) in [5, 5.41) is 14.1. The molecule has 4 amide bonds. The molecule has 0 aromatic rings. The number of aliphatic hydroxyl groups excluding tert-OH is 1. The molecule has 0 unspecified atom stereocenters. The van der Waals surface area contributed by atoms with Crippen LogP contribution in [0.25, 0.3) is 0 Å². The third-order valence-corrected chi connectivity index (χ3v) is 4.91. The van der Waals surface area contributed by atoms with Crippen LogP contribution in [-0.2, 0) is 9.59 Å². The van der Waals surface area contributed by atoms with Gasteiger partial charge in [0.15, 0.2) is 0 Å². The molecule has 8 heteroatoms. The third kappa shape index (κ3) is 5.45. The van der Waals surface area contributed by atoms with E-state index in [1.165, 1.54) is 6.42 Å². The van der Waals surface area contributed by atoms with Gasteiger partial charge in [0.25, 0.3) is 0 Å². The van der Waals surface area contributed by atoms with Crippen LogP contribution < -0.4 is 10.6 Å². The Balaban J connectivity index is 1.68. The standard InChI is InChI=1S/C16H28N4O4/c1-12-4-2-3-5-13(12)17-16(24)18-14(22)10-19-6-8-20(9-7-19)15(23)11-21/h12-13,21H,2-11H2,1H3,(H2,17,18,22,24)/t12-,13-/m0/s1. The Bertz CT molecular complexity index is 463. The lowest BCUT2D eigenvalue weighted by Gasteiger charge is -2.34. The van der Waals surface area contributed by atoms with Crippen molar-refractivity contribution in [3.63, 3.8) is 0 Å². The number of carbonyl (C=O) groups excluding carboxylic acids is 3. The fourth-order valence-corrected chi connectivity index (χ4v) is 3.36. The summed E-state index contributed by atoms with van der Waals surface area (Å²) in [6.45, 7) is 3.85. The van der Waals surface area contributed by atoms with Crippen molar-refractivity contribution in [2.75, 3.05) is 39.3 Å². The molecular weight excluding hydrogens is 312 g/mol. The van der Waals surface area contributed by atoms with E-state index < -0.39 is 12.6 Å². The van der Waals surface area contributed by atoms with Gasteiger partial charge in [-0.1, -0.05) is 19.8 Å². The van der Waals surface area contributed by atoms with E-state index in [0.717, 1.165) is 19.3 Å². The number of hydrogen-bond donors (Lipinski definition) is 3. The third-order valence-electron chi connectivity index (χ3n) is 4.91. The summed E-state index contributed by atoms with van der Waals surface area (Å²) in [4.78, 5) is 38.8. The first kappa shape index (κ1) is 18.7. The van der Waals surface area contributed by atoms with Crippen molar-refractivity contribution >= 4 is 17.8 Å². The van der Waals surface area contributed by atoms with Gasteiger partial charge in [0.05, 0.1) is 6.54 Å². The Morgan fingerprint density at radius 2 is 1.75 bits per heavy atom. The average Bonchev–Trinajstić information content (AvgIpc) is 2.56. The molecule has 1 heterocycles. The van der Waals surface area contributed by atoms with Crippen LogP contribution in [0.1, 0.15) is 32.6 Å². The zero-order valence-corrected chi connectivity index (χ0v) is 14.3. The maximum atomic E-state index is 12.0. The van der Waals surface area contributed by atoms with Gasteiger partial charge in [0.2, 0.25) is 11.8 Å². The molecule has 3 N–H and O–H groups in total. The number of rotatable bonds is 4. The Hall–Kier alpha value is -1.67. The number of nitrogens with one attached hydrogen (secondary N) is 2. The fraction of sp³-hybridized carbons (Fsp3) is 0.812. The molecule has 0 aromatic carbocycles. The molecule has 136 valence electrons. The van der Waals surface area contributed by atoms with Crippen LogP contribution >= 0.6 is 0 Å². The van der Waals surface area contributed by atoms with E-state index in [1.54, 1.807) is 4.90 Å². The molecule has 24 heavy (non-hydrogen) atoms. The van der Waals surface area contributed by atoms with E-state index in [2.05, 4.69) is 17.6 Å². The maximum Gasteiger partial charge on any atom is 0.321 e.